The average molecular weight is 343 g/mol. The van der Waals surface area contributed by atoms with Crippen molar-refractivity contribution in [1.29, 1.82) is 0 Å². The van der Waals surface area contributed by atoms with Gasteiger partial charge in [-0.1, -0.05) is 30.3 Å². The fraction of sp³-hybridized carbons (Fsp3) is 0.263. The minimum atomic E-state index is -0.625. The first kappa shape index (κ1) is 18.3. The maximum atomic E-state index is 12.1. The summed E-state index contributed by atoms with van der Waals surface area (Å²) in [6, 6.07) is 14.0. The third-order valence-electron chi connectivity index (χ3n) is 3.60. The van der Waals surface area contributed by atoms with E-state index in [9.17, 15) is 9.59 Å². The van der Waals surface area contributed by atoms with Gasteiger partial charge in [-0.05, 0) is 24.6 Å². The van der Waals surface area contributed by atoms with E-state index in [1.165, 1.54) is 26.4 Å². The minimum Gasteiger partial charge on any atom is -0.497 e. The molecule has 0 spiro atoms. The number of hydrogen-bond donors (Lipinski definition) is 1. The molecule has 0 bridgehead atoms. The van der Waals surface area contributed by atoms with Crippen molar-refractivity contribution < 1.29 is 23.8 Å². The SMILES string of the molecule is COc1cc(OC)cc(C(=O)OCC(=O)NC(C)c2ccccc2)c1. The summed E-state index contributed by atoms with van der Waals surface area (Å²) in [5.41, 5.74) is 1.22. The molecule has 0 fully saturated rings. The van der Waals surface area contributed by atoms with Crippen molar-refractivity contribution in [3.8, 4) is 11.5 Å². The smallest absolute Gasteiger partial charge is 0.338 e. The molecule has 1 unspecified atom stereocenters. The Morgan fingerprint density at radius 1 is 1.00 bits per heavy atom. The van der Waals surface area contributed by atoms with Crippen LogP contribution >= 0.6 is 0 Å². The molecule has 0 aliphatic carbocycles. The Balaban J connectivity index is 1.92. The number of nitrogens with one attached hydrogen (secondary N) is 1. The third kappa shape index (κ3) is 5.24. The minimum absolute atomic E-state index is 0.177. The predicted molar refractivity (Wildman–Crippen MR) is 92.8 cm³/mol. The Labute approximate surface area is 146 Å². The molecule has 0 saturated heterocycles. The molecule has 1 amide bonds. The van der Waals surface area contributed by atoms with E-state index in [0.29, 0.717) is 11.5 Å². The average Bonchev–Trinajstić information content (AvgIpc) is 2.66. The molecule has 25 heavy (non-hydrogen) atoms. The normalized spacial score (nSPS) is 11.3. The van der Waals surface area contributed by atoms with Crippen molar-refractivity contribution in [2.75, 3.05) is 20.8 Å². The van der Waals surface area contributed by atoms with Gasteiger partial charge in [0.15, 0.2) is 6.61 Å². The highest BCUT2D eigenvalue weighted by atomic mass is 16.5. The van der Waals surface area contributed by atoms with Gasteiger partial charge in [0.1, 0.15) is 11.5 Å². The second kappa shape index (κ2) is 8.73. The lowest BCUT2D eigenvalue weighted by Crippen LogP contribution is -2.31. The van der Waals surface area contributed by atoms with E-state index < -0.39 is 5.97 Å². The van der Waals surface area contributed by atoms with Gasteiger partial charge in [-0.25, -0.2) is 4.79 Å². The summed E-state index contributed by atoms with van der Waals surface area (Å²) >= 11 is 0. The fourth-order valence-corrected chi connectivity index (χ4v) is 2.25. The van der Waals surface area contributed by atoms with Crippen LogP contribution in [0, 0.1) is 0 Å². The van der Waals surface area contributed by atoms with Crippen LogP contribution in [-0.4, -0.2) is 32.7 Å². The summed E-state index contributed by atoms with van der Waals surface area (Å²) in [5, 5.41) is 2.78. The molecule has 132 valence electrons. The molecule has 0 heterocycles. The van der Waals surface area contributed by atoms with Crippen molar-refractivity contribution >= 4 is 11.9 Å². The number of rotatable bonds is 7. The quantitative estimate of drug-likeness (QED) is 0.783. The number of amides is 1. The van der Waals surface area contributed by atoms with Crippen molar-refractivity contribution in [3.63, 3.8) is 0 Å². The summed E-state index contributed by atoms with van der Waals surface area (Å²) in [5.74, 6) is -0.0684. The molecule has 1 N–H and O–H groups in total. The maximum Gasteiger partial charge on any atom is 0.338 e. The lowest BCUT2D eigenvalue weighted by Gasteiger charge is -2.14. The van der Waals surface area contributed by atoms with Gasteiger partial charge in [0.05, 0.1) is 25.8 Å². The number of hydrogen-bond acceptors (Lipinski definition) is 5. The van der Waals surface area contributed by atoms with Crippen molar-refractivity contribution in [2.24, 2.45) is 0 Å². The fourth-order valence-electron chi connectivity index (χ4n) is 2.25. The van der Waals surface area contributed by atoms with Gasteiger partial charge in [0.25, 0.3) is 5.91 Å². The molecule has 0 aliphatic heterocycles. The summed E-state index contributed by atoms with van der Waals surface area (Å²) in [7, 11) is 2.98. The second-order valence-electron chi connectivity index (χ2n) is 5.38. The maximum absolute atomic E-state index is 12.1. The molecule has 6 nitrogen and oxygen atoms in total. The second-order valence-corrected chi connectivity index (χ2v) is 5.38. The number of carbonyl (C=O) groups is 2. The molecule has 1 atom stereocenters. The molecular formula is C19H21NO5. The monoisotopic (exact) mass is 343 g/mol. The highest BCUT2D eigenvalue weighted by Gasteiger charge is 2.15. The van der Waals surface area contributed by atoms with Crippen molar-refractivity contribution in [3.05, 3.63) is 59.7 Å². The van der Waals surface area contributed by atoms with Crippen molar-refractivity contribution in [2.45, 2.75) is 13.0 Å². The van der Waals surface area contributed by atoms with Crippen LogP contribution in [0.1, 0.15) is 28.9 Å². The topological polar surface area (TPSA) is 73.9 Å². The highest BCUT2D eigenvalue weighted by molar-refractivity contribution is 5.92. The zero-order valence-electron chi connectivity index (χ0n) is 14.4. The summed E-state index contributed by atoms with van der Waals surface area (Å²) in [6.07, 6.45) is 0. The molecule has 0 radical (unpaired) electrons. The van der Waals surface area contributed by atoms with E-state index in [0.717, 1.165) is 5.56 Å². The van der Waals surface area contributed by atoms with Crippen LogP contribution in [0.3, 0.4) is 0 Å². The molecule has 6 heteroatoms. The molecule has 0 saturated carbocycles. The van der Waals surface area contributed by atoms with Crippen LogP contribution in [0.2, 0.25) is 0 Å². The van der Waals surface area contributed by atoms with Crippen LogP contribution in [0.15, 0.2) is 48.5 Å². The number of benzene rings is 2. The van der Waals surface area contributed by atoms with Gasteiger partial charge in [-0.15, -0.1) is 0 Å². The summed E-state index contributed by atoms with van der Waals surface area (Å²) < 4.78 is 15.3. The van der Waals surface area contributed by atoms with Gasteiger partial charge in [0, 0.05) is 6.07 Å². The molecule has 0 aliphatic rings. The highest BCUT2D eigenvalue weighted by Crippen LogP contribution is 2.23. The number of esters is 1. The zero-order chi connectivity index (χ0) is 18.2. The molecule has 2 aromatic rings. The third-order valence-corrected chi connectivity index (χ3v) is 3.60. The lowest BCUT2D eigenvalue weighted by molar-refractivity contribution is -0.124. The number of methoxy groups -OCH3 is 2. The largest absolute Gasteiger partial charge is 0.497 e. The van der Waals surface area contributed by atoms with Gasteiger partial charge in [-0.2, -0.15) is 0 Å². The molecule has 0 aromatic heterocycles. The Bertz CT molecular complexity index is 708. The molecule has 2 rings (SSSR count). The van der Waals surface area contributed by atoms with E-state index >= 15 is 0 Å². The number of ether oxygens (including phenoxy) is 3. The summed E-state index contributed by atoms with van der Waals surface area (Å²) in [4.78, 5) is 24.1. The Kier molecular flexibility index (Phi) is 6.39. The van der Waals surface area contributed by atoms with Crippen LogP contribution < -0.4 is 14.8 Å². The lowest BCUT2D eigenvalue weighted by atomic mass is 10.1. The standard InChI is InChI=1S/C19H21NO5/c1-13(14-7-5-4-6-8-14)20-18(21)12-25-19(22)15-9-16(23-2)11-17(10-15)24-3/h4-11,13H,12H2,1-3H3,(H,20,21). The predicted octanol–water partition coefficient (Wildman–Crippen LogP) is 2.74. The molecular weight excluding hydrogens is 322 g/mol. The van der Waals surface area contributed by atoms with Crippen LogP contribution in [0.25, 0.3) is 0 Å². The van der Waals surface area contributed by atoms with Crippen molar-refractivity contribution in [1.82, 2.24) is 5.32 Å². The Hall–Kier alpha value is -3.02. The Morgan fingerprint density at radius 3 is 2.16 bits per heavy atom. The first-order valence-corrected chi connectivity index (χ1v) is 7.78. The van der Waals surface area contributed by atoms with E-state index in [1.54, 1.807) is 6.07 Å². The van der Waals surface area contributed by atoms with Crippen LogP contribution in [0.4, 0.5) is 0 Å². The van der Waals surface area contributed by atoms with Gasteiger partial charge >= 0.3 is 5.97 Å². The Morgan fingerprint density at radius 2 is 1.60 bits per heavy atom. The van der Waals surface area contributed by atoms with Crippen LogP contribution in [0.5, 0.6) is 11.5 Å². The zero-order valence-corrected chi connectivity index (χ0v) is 14.4. The van der Waals surface area contributed by atoms with E-state index in [4.69, 9.17) is 14.2 Å². The summed E-state index contributed by atoms with van der Waals surface area (Å²) in [6.45, 7) is 1.50. The van der Waals surface area contributed by atoms with Gasteiger partial charge in [-0.3, -0.25) is 4.79 Å². The van der Waals surface area contributed by atoms with Gasteiger partial charge in [0.2, 0.25) is 0 Å². The van der Waals surface area contributed by atoms with E-state index in [-0.39, 0.29) is 24.1 Å². The van der Waals surface area contributed by atoms with E-state index in [2.05, 4.69) is 5.32 Å². The van der Waals surface area contributed by atoms with Crippen LogP contribution in [-0.2, 0) is 9.53 Å². The number of carbonyl (C=O) groups excluding carboxylic acids is 2. The van der Waals surface area contributed by atoms with Gasteiger partial charge < -0.3 is 19.5 Å². The van der Waals surface area contributed by atoms with E-state index in [1.807, 2.05) is 37.3 Å². The molecule has 2 aromatic carbocycles. The first-order valence-electron chi connectivity index (χ1n) is 7.78. The first-order chi connectivity index (χ1) is 12.0.